The van der Waals surface area contributed by atoms with Gasteiger partial charge in [0.2, 0.25) is 15.9 Å². The van der Waals surface area contributed by atoms with Gasteiger partial charge in [-0.15, -0.1) is 5.10 Å². The van der Waals surface area contributed by atoms with Crippen molar-refractivity contribution in [2.75, 3.05) is 13.1 Å². The van der Waals surface area contributed by atoms with Gasteiger partial charge in [0.05, 0.1) is 16.3 Å². The van der Waals surface area contributed by atoms with E-state index in [0.29, 0.717) is 24.9 Å². The second-order valence-electron chi connectivity index (χ2n) is 8.32. The largest absolute Gasteiger partial charge is 0.352 e. The Labute approximate surface area is 186 Å². The Morgan fingerprint density at radius 3 is 2.69 bits per heavy atom. The molecule has 0 radical (unpaired) electrons. The zero-order valence-corrected chi connectivity index (χ0v) is 18.8. The van der Waals surface area contributed by atoms with Crippen LogP contribution in [0.3, 0.4) is 0 Å². The average Bonchev–Trinajstić information content (AvgIpc) is 3.22. The summed E-state index contributed by atoms with van der Waals surface area (Å²) in [5.41, 5.74) is 2.07. The number of hydrogen-bond donors (Lipinski definition) is 1. The summed E-state index contributed by atoms with van der Waals surface area (Å²) < 4.78 is 42.7. The number of fused-ring (bicyclic) bond motifs is 1. The maximum atomic E-state index is 13.3. The maximum Gasteiger partial charge on any atom is 0.243 e. The number of hydrogen-bond acceptors (Lipinski definition) is 5. The van der Waals surface area contributed by atoms with Gasteiger partial charge in [0.25, 0.3) is 0 Å². The predicted octanol–water partition coefficient (Wildman–Crippen LogP) is 2.87. The van der Waals surface area contributed by atoms with Crippen molar-refractivity contribution in [1.29, 1.82) is 0 Å². The number of nitrogens with zero attached hydrogens (tertiary/aromatic N) is 4. The average molecular weight is 460 g/mol. The highest BCUT2D eigenvalue weighted by atomic mass is 32.2. The second kappa shape index (κ2) is 8.95. The first kappa shape index (κ1) is 22.3. The topological polar surface area (TPSA) is 97.2 Å². The number of piperidine rings is 1. The van der Waals surface area contributed by atoms with Crippen LogP contribution in [0.2, 0.25) is 0 Å². The van der Waals surface area contributed by atoms with Crippen LogP contribution in [0.5, 0.6) is 0 Å². The Balaban J connectivity index is 1.46. The lowest BCUT2D eigenvalue weighted by Crippen LogP contribution is -2.45. The van der Waals surface area contributed by atoms with E-state index in [1.807, 2.05) is 13.8 Å². The number of sulfonamides is 1. The minimum Gasteiger partial charge on any atom is -0.352 e. The van der Waals surface area contributed by atoms with Crippen LogP contribution in [0.4, 0.5) is 4.39 Å². The molecule has 1 N–H and O–H groups in total. The molecular weight excluding hydrogens is 433 g/mol. The van der Waals surface area contributed by atoms with Gasteiger partial charge in [-0.1, -0.05) is 17.3 Å². The quantitative estimate of drug-likeness (QED) is 0.611. The van der Waals surface area contributed by atoms with E-state index in [2.05, 4.69) is 15.6 Å². The van der Waals surface area contributed by atoms with Crippen molar-refractivity contribution in [1.82, 2.24) is 24.6 Å². The van der Waals surface area contributed by atoms with Gasteiger partial charge in [0.15, 0.2) is 0 Å². The third kappa shape index (κ3) is 4.51. The minimum atomic E-state index is -3.77. The van der Waals surface area contributed by atoms with E-state index in [1.165, 1.54) is 22.5 Å². The van der Waals surface area contributed by atoms with Crippen molar-refractivity contribution in [2.24, 2.45) is 5.92 Å². The van der Waals surface area contributed by atoms with Gasteiger partial charge in [0.1, 0.15) is 11.3 Å². The summed E-state index contributed by atoms with van der Waals surface area (Å²) in [5, 5.41) is 11.0. The van der Waals surface area contributed by atoms with Crippen molar-refractivity contribution in [3.63, 3.8) is 0 Å². The third-order valence-electron chi connectivity index (χ3n) is 5.70. The maximum absolute atomic E-state index is 13.3. The molecule has 3 aromatic rings. The molecule has 1 amide bonds. The molecule has 0 aliphatic carbocycles. The van der Waals surface area contributed by atoms with Crippen molar-refractivity contribution in [2.45, 2.75) is 44.2 Å². The molecule has 170 valence electrons. The minimum absolute atomic E-state index is 0.110. The number of halogens is 1. The summed E-state index contributed by atoms with van der Waals surface area (Å²) in [5.74, 6) is -0.979. The van der Waals surface area contributed by atoms with E-state index in [9.17, 15) is 17.6 Å². The van der Waals surface area contributed by atoms with Crippen LogP contribution in [-0.2, 0) is 21.4 Å². The van der Waals surface area contributed by atoms with E-state index >= 15 is 0 Å². The van der Waals surface area contributed by atoms with E-state index in [1.54, 1.807) is 28.9 Å². The summed E-state index contributed by atoms with van der Waals surface area (Å²) in [6, 6.07) is 10.8. The molecule has 2 aromatic carbocycles. The molecule has 2 heterocycles. The molecule has 1 saturated heterocycles. The Bertz CT molecular complexity index is 1220. The molecule has 1 aliphatic heterocycles. The van der Waals surface area contributed by atoms with Crippen LogP contribution in [0, 0.1) is 11.7 Å². The molecule has 0 saturated carbocycles. The highest BCUT2D eigenvalue weighted by Crippen LogP contribution is 2.26. The first-order valence-electron chi connectivity index (χ1n) is 10.6. The number of carbonyl (C=O) groups is 1. The van der Waals surface area contributed by atoms with E-state index in [-0.39, 0.29) is 35.8 Å². The first-order chi connectivity index (χ1) is 15.3. The lowest BCUT2D eigenvalue weighted by Gasteiger charge is -2.31. The smallest absolute Gasteiger partial charge is 0.243 e. The molecule has 1 fully saturated rings. The number of nitrogens with one attached hydrogen (secondary N) is 1. The van der Waals surface area contributed by atoms with Crippen LogP contribution >= 0.6 is 0 Å². The fraction of sp³-hybridized carbons (Fsp3) is 0.409. The SMILES string of the molecule is CC(C)n1nnc2cc(S(=O)(=O)N3CCCC(C(=O)NCc4ccc(F)cc4)C3)ccc21. The molecule has 0 spiro atoms. The summed E-state index contributed by atoms with van der Waals surface area (Å²) in [6.07, 6.45) is 1.21. The van der Waals surface area contributed by atoms with Crippen LogP contribution in [0.25, 0.3) is 11.0 Å². The van der Waals surface area contributed by atoms with Gasteiger partial charge >= 0.3 is 0 Å². The first-order valence-corrected chi connectivity index (χ1v) is 12.1. The third-order valence-corrected chi connectivity index (χ3v) is 7.57. The summed E-state index contributed by atoms with van der Waals surface area (Å²) in [6.45, 7) is 4.71. The van der Waals surface area contributed by atoms with E-state index in [0.717, 1.165) is 11.1 Å². The zero-order chi connectivity index (χ0) is 22.9. The lowest BCUT2D eigenvalue weighted by molar-refractivity contribution is -0.126. The van der Waals surface area contributed by atoms with Gasteiger partial charge < -0.3 is 5.32 Å². The molecule has 1 unspecified atom stereocenters. The molecule has 1 aliphatic rings. The van der Waals surface area contributed by atoms with Crippen molar-refractivity contribution >= 4 is 27.0 Å². The van der Waals surface area contributed by atoms with Gasteiger partial charge in [-0.2, -0.15) is 4.31 Å². The number of aromatic nitrogens is 3. The number of amides is 1. The van der Waals surface area contributed by atoms with Gasteiger partial charge in [-0.3, -0.25) is 4.79 Å². The van der Waals surface area contributed by atoms with Crippen LogP contribution < -0.4 is 5.32 Å². The fourth-order valence-electron chi connectivity index (χ4n) is 3.92. The highest BCUT2D eigenvalue weighted by Gasteiger charge is 2.33. The number of rotatable bonds is 6. The number of carbonyl (C=O) groups excluding carboxylic acids is 1. The Morgan fingerprint density at radius 2 is 1.97 bits per heavy atom. The Hall–Kier alpha value is -2.85. The molecular formula is C22H26FN5O3S. The summed E-state index contributed by atoms with van der Waals surface area (Å²) in [4.78, 5) is 12.8. The van der Waals surface area contributed by atoms with Crippen LogP contribution in [0.15, 0.2) is 47.4 Å². The number of benzene rings is 2. The van der Waals surface area contributed by atoms with E-state index < -0.39 is 15.9 Å². The van der Waals surface area contributed by atoms with Gasteiger partial charge in [0, 0.05) is 25.7 Å². The van der Waals surface area contributed by atoms with Crippen molar-refractivity contribution in [3.8, 4) is 0 Å². The standard InChI is InChI=1S/C22H26FN5O3S/c1-15(2)28-21-10-9-19(12-20(21)25-26-28)32(30,31)27-11-3-4-17(14-27)22(29)24-13-16-5-7-18(23)8-6-16/h5-10,12,15,17H,3-4,11,13-14H2,1-2H3,(H,24,29). The molecule has 1 aromatic heterocycles. The highest BCUT2D eigenvalue weighted by molar-refractivity contribution is 7.89. The van der Waals surface area contributed by atoms with E-state index in [4.69, 9.17) is 0 Å². The molecule has 10 heteroatoms. The van der Waals surface area contributed by atoms with Crippen molar-refractivity contribution in [3.05, 3.63) is 53.8 Å². The lowest BCUT2D eigenvalue weighted by atomic mass is 9.99. The summed E-state index contributed by atoms with van der Waals surface area (Å²) in [7, 11) is -3.77. The molecule has 8 nitrogen and oxygen atoms in total. The Morgan fingerprint density at radius 1 is 1.22 bits per heavy atom. The predicted molar refractivity (Wildman–Crippen MR) is 118 cm³/mol. The molecule has 32 heavy (non-hydrogen) atoms. The fourth-order valence-corrected chi connectivity index (χ4v) is 5.47. The van der Waals surface area contributed by atoms with Crippen LogP contribution in [0.1, 0.15) is 38.3 Å². The van der Waals surface area contributed by atoms with Crippen molar-refractivity contribution < 1.29 is 17.6 Å². The van der Waals surface area contributed by atoms with Crippen LogP contribution in [-0.4, -0.2) is 46.7 Å². The molecule has 4 rings (SSSR count). The second-order valence-corrected chi connectivity index (χ2v) is 10.3. The normalized spacial score (nSPS) is 17.7. The zero-order valence-electron chi connectivity index (χ0n) is 18.0. The molecule has 0 bridgehead atoms. The van der Waals surface area contributed by atoms with Gasteiger partial charge in [-0.05, 0) is 62.6 Å². The molecule has 1 atom stereocenters. The van der Waals surface area contributed by atoms with Gasteiger partial charge in [-0.25, -0.2) is 17.5 Å². The monoisotopic (exact) mass is 459 g/mol. The summed E-state index contributed by atoms with van der Waals surface area (Å²) >= 11 is 0. The Kier molecular flexibility index (Phi) is 6.25.